The van der Waals surface area contributed by atoms with Crippen molar-refractivity contribution in [3.63, 3.8) is 0 Å². The number of carbonyl (C=O) groups is 1. The first-order valence-electron chi connectivity index (χ1n) is 9.78. The lowest BCUT2D eigenvalue weighted by molar-refractivity contribution is -0.120. The smallest absolute Gasteiger partial charge is 0.216 e. The molecule has 1 saturated heterocycles. The predicted molar refractivity (Wildman–Crippen MR) is 110 cm³/mol. The van der Waals surface area contributed by atoms with E-state index >= 15 is 0 Å². The summed E-state index contributed by atoms with van der Waals surface area (Å²) >= 11 is 0. The fraction of sp³-hybridized carbons (Fsp3) is 0.400. The summed E-state index contributed by atoms with van der Waals surface area (Å²) in [6, 6.07) is 7.65. The lowest BCUT2D eigenvalue weighted by atomic mass is 10.1. The maximum Gasteiger partial charge on any atom is 0.216 e. The Morgan fingerprint density at radius 2 is 1.97 bits per heavy atom. The van der Waals surface area contributed by atoms with Crippen LogP contribution in [0.15, 0.2) is 36.9 Å². The van der Waals surface area contributed by atoms with Crippen molar-refractivity contribution in [1.82, 2.24) is 24.8 Å². The van der Waals surface area contributed by atoms with Gasteiger partial charge in [0.2, 0.25) is 5.91 Å². The molecule has 4 atom stereocenters. The average molecular weight is 428 g/mol. The number of hydrogen-bond donors (Lipinski definition) is 4. The van der Waals surface area contributed by atoms with E-state index < -0.39 is 24.5 Å². The lowest BCUT2D eigenvalue weighted by Crippen LogP contribution is -2.39. The summed E-state index contributed by atoms with van der Waals surface area (Å²) in [5, 5.41) is 26.6. The number of hydrogen-bond acceptors (Lipinski definition) is 9. The number of rotatable bonds is 7. The number of imidazole rings is 1. The van der Waals surface area contributed by atoms with Crippen LogP contribution in [0, 0.1) is 0 Å². The number of carbonyl (C=O) groups excluding carboxylic acids is 1. The second-order valence-corrected chi connectivity index (χ2v) is 7.23. The van der Waals surface area contributed by atoms with Crippen molar-refractivity contribution in [2.24, 2.45) is 0 Å². The number of aliphatic hydroxyl groups is 2. The molecule has 3 heterocycles. The number of nitrogens with zero attached hydrogens (tertiary/aromatic N) is 4. The Morgan fingerprint density at radius 3 is 2.68 bits per heavy atom. The van der Waals surface area contributed by atoms with Gasteiger partial charge in [0.15, 0.2) is 23.2 Å². The van der Waals surface area contributed by atoms with Crippen molar-refractivity contribution in [3.05, 3.63) is 42.5 Å². The zero-order chi connectivity index (χ0) is 22.0. The van der Waals surface area contributed by atoms with Crippen LogP contribution >= 0.6 is 0 Å². The van der Waals surface area contributed by atoms with Crippen LogP contribution in [0.1, 0.15) is 18.7 Å². The van der Waals surface area contributed by atoms with E-state index in [0.29, 0.717) is 23.5 Å². The van der Waals surface area contributed by atoms with Crippen LogP contribution in [0.5, 0.6) is 5.75 Å². The summed E-state index contributed by atoms with van der Waals surface area (Å²) in [7, 11) is 1.62. The monoisotopic (exact) mass is 428 g/mol. The molecule has 0 unspecified atom stereocenters. The summed E-state index contributed by atoms with van der Waals surface area (Å²) in [6.07, 6.45) is -1.15. The Hall–Kier alpha value is -3.28. The number of nitrogens with one attached hydrogen (secondary N) is 2. The van der Waals surface area contributed by atoms with Gasteiger partial charge in [-0.3, -0.25) is 9.36 Å². The number of amides is 1. The van der Waals surface area contributed by atoms with Crippen molar-refractivity contribution < 1.29 is 24.5 Å². The topological polar surface area (TPSA) is 144 Å². The first kappa shape index (κ1) is 21.0. The molecule has 4 rings (SSSR count). The van der Waals surface area contributed by atoms with Gasteiger partial charge in [0.05, 0.1) is 13.4 Å². The molecule has 11 heteroatoms. The number of aromatic nitrogens is 4. The van der Waals surface area contributed by atoms with Gasteiger partial charge < -0.3 is 30.3 Å². The van der Waals surface area contributed by atoms with Crippen molar-refractivity contribution in [2.75, 3.05) is 19.0 Å². The summed E-state index contributed by atoms with van der Waals surface area (Å²) in [4.78, 5) is 24.1. The molecule has 164 valence electrons. The Bertz CT molecular complexity index is 1060. The number of benzene rings is 1. The van der Waals surface area contributed by atoms with Crippen LogP contribution in [-0.2, 0) is 16.1 Å². The van der Waals surface area contributed by atoms with Crippen molar-refractivity contribution in [3.8, 4) is 5.75 Å². The van der Waals surface area contributed by atoms with Gasteiger partial charge in [0.1, 0.15) is 30.4 Å². The summed E-state index contributed by atoms with van der Waals surface area (Å²) in [5.41, 5.74) is 1.99. The molecule has 1 aliphatic rings. The van der Waals surface area contributed by atoms with E-state index in [2.05, 4.69) is 25.6 Å². The minimum Gasteiger partial charge on any atom is -0.497 e. The maximum atomic E-state index is 11.2. The van der Waals surface area contributed by atoms with E-state index in [1.54, 1.807) is 11.7 Å². The molecular weight excluding hydrogens is 404 g/mol. The average Bonchev–Trinajstić information content (AvgIpc) is 3.33. The Morgan fingerprint density at radius 1 is 1.19 bits per heavy atom. The van der Waals surface area contributed by atoms with E-state index in [-0.39, 0.29) is 12.5 Å². The third kappa shape index (κ3) is 4.29. The molecule has 1 aliphatic heterocycles. The minimum absolute atomic E-state index is 0.0837. The number of methoxy groups -OCH3 is 1. The standard InChI is InChI=1S/C20H24N6O5/c1-11(27)21-8-14-16(28)17(29)20(31-14)26-10-25-15-18(23-9-24-19(15)26)22-7-12-3-5-13(30-2)6-4-12/h3-6,9-10,14,16-17,20,28-29H,7-8H2,1-2H3,(H,21,27)(H,22,23,24)/t14-,16-,17-,20-/m1/s1. The minimum atomic E-state index is -1.21. The van der Waals surface area contributed by atoms with E-state index in [9.17, 15) is 15.0 Å². The molecule has 4 N–H and O–H groups in total. The molecule has 11 nitrogen and oxygen atoms in total. The van der Waals surface area contributed by atoms with Crippen LogP contribution in [0.2, 0.25) is 0 Å². The van der Waals surface area contributed by atoms with Crippen molar-refractivity contribution in [1.29, 1.82) is 0 Å². The van der Waals surface area contributed by atoms with Gasteiger partial charge in [-0.25, -0.2) is 15.0 Å². The van der Waals surface area contributed by atoms with Gasteiger partial charge in [0.25, 0.3) is 0 Å². The highest BCUT2D eigenvalue weighted by atomic mass is 16.6. The van der Waals surface area contributed by atoms with Crippen LogP contribution in [0.25, 0.3) is 11.2 Å². The third-order valence-electron chi connectivity index (χ3n) is 5.14. The van der Waals surface area contributed by atoms with Gasteiger partial charge in [-0.15, -0.1) is 0 Å². The van der Waals surface area contributed by atoms with E-state index in [0.717, 1.165) is 11.3 Å². The number of fused-ring (bicyclic) bond motifs is 1. The molecule has 1 fully saturated rings. The first-order chi connectivity index (χ1) is 15.0. The molecule has 0 bridgehead atoms. The first-order valence-corrected chi connectivity index (χ1v) is 9.78. The zero-order valence-electron chi connectivity index (χ0n) is 17.1. The molecule has 31 heavy (non-hydrogen) atoms. The fourth-order valence-corrected chi connectivity index (χ4v) is 3.47. The zero-order valence-corrected chi connectivity index (χ0v) is 17.1. The summed E-state index contributed by atoms with van der Waals surface area (Å²) in [6.45, 7) is 1.97. The van der Waals surface area contributed by atoms with Gasteiger partial charge in [-0.05, 0) is 17.7 Å². The van der Waals surface area contributed by atoms with Gasteiger partial charge in [-0.1, -0.05) is 12.1 Å². The molecule has 1 aromatic carbocycles. The lowest BCUT2D eigenvalue weighted by Gasteiger charge is -2.16. The highest BCUT2D eigenvalue weighted by Crippen LogP contribution is 2.32. The van der Waals surface area contributed by atoms with E-state index in [4.69, 9.17) is 9.47 Å². The van der Waals surface area contributed by atoms with Gasteiger partial charge in [-0.2, -0.15) is 0 Å². The quantitative estimate of drug-likeness (QED) is 0.415. The number of aliphatic hydroxyl groups excluding tert-OH is 2. The highest BCUT2D eigenvalue weighted by molar-refractivity contribution is 5.82. The third-order valence-corrected chi connectivity index (χ3v) is 5.14. The Kier molecular flexibility index (Phi) is 5.98. The summed E-state index contributed by atoms with van der Waals surface area (Å²) in [5.74, 6) is 1.06. The van der Waals surface area contributed by atoms with Crippen molar-refractivity contribution in [2.45, 2.75) is 38.0 Å². The van der Waals surface area contributed by atoms with Crippen LogP contribution in [-0.4, -0.2) is 67.6 Å². The molecule has 0 radical (unpaired) electrons. The molecule has 1 amide bonds. The largest absolute Gasteiger partial charge is 0.497 e. The fourth-order valence-electron chi connectivity index (χ4n) is 3.47. The molecule has 0 spiro atoms. The molecular formula is C20H24N6O5. The van der Waals surface area contributed by atoms with Crippen molar-refractivity contribution >= 4 is 22.9 Å². The Balaban J connectivity index is 1.52. The van der Waals surface area contributed by atoms with Crippen LogP contribution in [0.4, 0.5) is 5.82 Å². The Labute approximate surface area is 178 Å². The molecule has 2 aromatic heterocycles. The predicted octanol–water partition coefficient (Wildman–Crippen LogP) is 0.202. The van der Waals surface area contributed by atoms with Crippen LogP contribution < -0.4 is 15.4 Å². The SMILES string of the molecule is COc1ccc(CNc2ncnc3c2ncn3[C@@H]2O[C@H](CNC(C)=O)[C@@H](O)[C@H]2O)cc1. The maximum absolute atomic E-state index is 11.2. The number of ether oxygens (including phenoxy) is 2. The second-order valence-electron chi connectivity index (χ2n) is 7.23. The molecule has 0 aliphatic carbocycles. The van der Waals surface area contributed by atoms with Gasteiger partial charge in [0, 0.05) is 20.0 Å². The van der Waals surface area contributed by atoms with E-state index in [1.807, 2.05) is 24.3 Å². The summed E-state index contributed by atoms with van der Waals surface area (Å²) < 4.78 is 12.5. The second kappa shape index (κ2) is 8.84. The molecule has 0 saturated carbocycles. The van der Waals surface area contributed by atoms with Gasteiger partial charge >= 0.3 is 0 Å². The number of anilines is 1. The van der Waals surface area contributed by atoms with E-state index in [1.165, 1.54) is 19.6 Å². The molecule has 3 aromatic rings. The highest BCUT2D eigenvalue weighted by Gasteiger charge is 2.44. The van der Waals surface area contributed by atoms with Crippen LogP contribution in [0.3, 0.4) is 0 Å². The normalized spacial score (nSPS) is 23.1.